The maximum absolute atomic E-state index is 13.1. The van der Waals surface area contributed by atoms with E-state index >= 15 is 0 Å². The summed E-state index contributed by atoms with van der Waals surface area (Å²) in [4.78, 5) is 10.7. The van der Waals surface area contributed by atoms with E-state index in [1.54, 1.807) is 22.8 Å². The van der Waals surface area contributed by atoms with Crippen LogP contribution in [0.15, 0.2) is 36.5 Å². The smallest absolute Gasteiger partial charge is 0.166 e. The molecule has 2 rings (SSSR count). The fourth-order valence-electron chi connectivity index (χ4n) is 1.67. The Kier molecular flexibility index (Phi) is 2.86. The predicted octanol–water partition coefficient (Wildman–Crippen LogP) is 2.80. The van der Waals surface area contributed by atoms with Crippen LogP contribution >= 0.6 is 0 Å². The molecule has 0 unspecified atom stereocenters. The fourth-order valence-corrected chi connectivity index (χ4v) is 1.67. The van der Waals surface area contributed by atoms with E-state index < -0.39 is 0 Å². The molecule has 0 aliphatic carbocycles. The van der Waals surface area contributed by atoms with Crippen molar-refractivity contribution in [1.82, 2.24) is 4.57 Å². The molecule has 2 aromatic rings. The Morgan fingerprint density at radius 2 is 2.19 bits per heavy atom. The average Bonchev–Trinajstić information content (AvgIpc) is 2.71. The van der Waals surface area contributed by atoms with E-state index in [-0.39, 0.29) is 5.82 Å². The lowest BCUT2D eigenvalue weighted by atomic mass is 10.1. The molecule has 0 bridgehead atoms. The molecular weight excluding hydrogens is 205 g/mol. The number of aromatic nitrogens is 1. The first-order valence-corrected chi connectivity index (χ1v) is 5.06. The van der Waals surface area contributed by atoms with E-state index in [1.807, 2.05) is 13.1 Å². The zero-order valence-corrected chi connectivity index (χ0v) is 8.98. The molecule has 0 radical (unpaired) electrons. The van der Waals surface area contributed by atoms with Gasteiger partial charge in [0.05, 0.1) is 5.69 Å². The summed E-state index contributed by atoms with van der Waals surface area (Å²) in [5.74, 6) is -0.250. The van der Waals surface area contributed by atoms with Gasteiger partial charge in [0.1, 0.15) is 5.82 Å². The maximum atomic E-state index is 13.1. The Morgan fingerprint density at radius 3 is 2.94 bits per heavy atom. The molecule has 0 N–H and O–H groups in total. The van der Waals surface area contributed by atoms with Gasteiger partial charge in [0.2, 0.25) is 0 Å². The van der Waals surface area contributed by atoms with Gasteiger partial charge in [0.15, 0.2) is 6.29 Å². The van der Waals surface area contributed by atoms with Gasteiger partial charge in [-0.2, -0.15) is 0 Å². The molecule has 16 heavy (non-hydrogen) atoms. The third-order valence-corrected chi connectivity index (χ3v) is 2.64. The van der Waals surface area contributed by atoms with Crippen LogP contribution in [-0.2, 0) is 6.54 Å². The highest BCUT2D eigenvalue weighted by atomic mass is 19.1. The molecular formula is C13H12FNO. The second-order valence-corrected chi connectivity index (χ2v) is 3.75. The monoisotopic (exact) mass is 217 g/mol. The standard InChI is InChI=1S/C13H12FNO/c1-10-4-5-12(14)7-11(10)8-15-6-2-3-13(15)9-16/h2-7,9H,8H2,1H3. The van der Waals surface area contributed by atoms with Gasteiger partial charge in [-0.15, -0.1) is 0 Å². The second kappa shape index (κ2) is 4.31. The number of nitrogens with zero attached hydrogens (tertiary/aromatic N) is 1. The molecule has 0 saturated carbocycles. The van der Waals surface area contributed by atoms with Crippen molar-refractivity contribution in [2.45, 2.75) is 13.5 Å². The van der Waals surface area contributed by atoms with Crippen molar-refractivity contribution in [2.75, 3.05) is 0 Å². The number of hydrogen-bond donors (Lipinski definition) is 0. The van der Waals surface area contributed by atoms with Gasteiger partial charge < -0.3 is 4.57 Å². The SMILES string of the molecule is Cc1ccc(F)cc1Cn1cccc1C=O. The lowest BCUT2D eigenvalue weighted by Gasteiger charge is -2.08. The fraction of sp³-hybridized carbons (Fsp3) is 0.154. The maximum Gasteiger partial charge on any atom is 0.166 e. The number of benzene rings is 1. The van der Waals surface area contributed by atoms with Crippen LogP contribution < -0.4 is 0 Å². The van der Waals surface area contributed by atoms with Gasteiger partial charge in [-0.1, -0.05) is 6.07 Å². The van der Waals surface area contributed by atoms with E-state index in [4.69, 9.17) is 0 Å². The van der Waals surface area contributed by atoms with E-state index in [0.717, 1.165) is 17.4 Å². The number of carbonyl (C=O) groups excluding carboxylic acids is 1. The van der Waals surface area contributed by atoms with Gasteiger partial charge >= 0.3 is 0 Å². The highest BCUT2D eigenvalue weighted by Gasteiger charge is 2.04. The summed E-state index contributed by atoms with van der Waals surface area (Å²) in [6, 6.07) is 8.23. The number of halogens is 1. The average molecular weight is 217 g/mol. The van der Waals surface area contributed by atoms with Crippen LogP contribution in [0.25, 0.3) is 0 Å². The summed E-state index contributed by atoms with van der Waals surface area (Å²) in [6.07, 6.45) is 2.61. The summed E-state index contributed by atoms with van der Waals surface area (Å²) in [7, 11) is 0. The largest absolute Gasteiger partial charge is 0.341 e. The van der Waals surface area contributed by atoms with Crippen molar-refractivity contribution >= 4 is 6.29 Å². The predicted molar refractivity (Wildman–Crippen MR) is 60.1 cm³/mol. The number of aldehydes is 1. The number of hydrogen-bond acceptors (Lipinski definition) is 1. The molecule has 0 aliphatic rings. The molecule has 0 amide bonds. The highest BCUT2D eigenvalue weighted by Crippen LogP contribution is 2.13. The Labute approximate surface area is 93.3 Å². The van der Waals surface area contributed by atoms with E-state index in [0.29, 0.717) is 12.2 Å². The molecule has 1 heterocycles. The van der Waals surface area contributed by atoms with Crippen LogP contribution in [0.3, 0.4) is 0 Å². The highest BCUT2D eigenvalue weighted by molar-refractivity contribution is 5.72. The summed E-state index contributed by atoms with van der Waals surface area (Å²) >= 11 is 0. The minimum atomic E-state index is -0.250. The van der Waals surface area contributed by atoms with Crippen molar-refractivity contribution in [1.29, 1.82) is 0 Å². The lowest BCUT2D eigenvalue weighted by molar-refractivity contribution is 0.111. The quantitative estimate of drug-likeness (QED) is 0.724. The summed E-state index contributed by atoms with van der Waals surface area (Å²) < 4.78 is 14.9. The summed E-state index contributed by atoms with van der Waals surface area (Å²) in [6.45, 7) is 2.45. The van der Waals surface area contributed by atoms with E-state index in [2.05, 4.69) is 0 Å². The Hall–Kier alpha value is -1.90. The zero-order valence-electron chi connectivity index (χ0n) is 8.98. The first-order valence-electron chi connectivity index (χ1n) is 5.06. The third kappa shape index (κ3) is 2.03. The van der Waals surface area contributed by atoms with E-state index in [9.17, 15) is 9.18 Å². The van der Waals surface area contributed by atoms with Crippen molar-refractivity contribution in [2.24, 2.45) is 0 Å². The second-order valence-electron chi connectivity index (χ2n) is 3.75. The van der Waals surface area contributed by atoms with Crippen molar-refractivity contribution < 1.29 is 9.18 Å². The summed E-state index contributed by atoms with van der Waals surface area (Å²) in [5, 5.41) is 0. The first kappa shape index (κ1) is 10.6. The summed E-state index contributed by atoms with van der Waals surface area (Å²) in [5.41, 5.74) is 2.51. The van der Waals surface area contributed by atoms with Gasteiger partial charge in [-0.25, -0.2) is 4.39 Å². The first-order chi connectivity index (χ1) is 7.70. The molecule has 0 spiro atoms. The molecule has 3 heteroatoms. The molecule has 0 fully saturated rings. The van der Waals surface area contributed by atoms with Crippen molar-refractivity contribution in [3.05, 3.63) is 59.2 Å². The van der Waals surface area contributed by atoms with Gasteiger partial charge in [-0.3, -0.25) is 4.79 Å². The molecule has 0 saturated heterocycles. The Balaban J connectivity index is 2.33. The van der Waals surface area contributed by atoms with Crippen LogP contribution in [0.2, 0.25) is 0 Å². The molecule has 0 aliphatic heterocycles. The van der Waals surface area contributed by atoms with Crippen LogP contribution in [0.5, 0.6) is 0 Å². The molecule has 0 atom stereocenters. The normalized spacial score (nSPS) is 10.4. The minimum absolute atomic E-state index is 0.250. The third-order valence-electron chi connectivity index (χ3n) is 2.64. The number of rotatable bonds is 3. The van der Waals surface area contributed by atoms with Crippen LogP contribution in [-0.4, -0.2) is 10.9 Å². The van der Waals surface area contributed by atoms with Crippen LogP contribution in [0.1, 0.15) is 21.6 Å². The molecule has 82 valence electrons. The Bertz CT molecular complexity index is 516. The molecule has 1 aromatic carbocycles. The zero-order chi connectivity index (χ0) is 11.5. The van der Waals surface area contributed by atoms with Gasteiger partial charge in [-0.05, 0) is 42.3 Å². The van der Waals surface area contributed by atoms with Crippen molar-refractivity contribution in [3.8, 4) is 0 Å². The minimum Gasteiger partial charge on any atom is -0.341 e. The molecule has 1 aromatic heterocycles. The van der Waals surface area contributed by atoms with E-state index in [1.165, 1.54) is 12.1 Å². The topological polar surface area (TPSA) is 22.0 Å². The Morgan fingerprint density at radius 1 is 1.38 bits per heavy atom. The van der Waals surface area contributed by atoms with Crippen LogP contribution in [0.4, 0.5) is 4.39 Å². The van der Waals surface area contributed by atoms with Crippen molar-refractivity contribution in [3.63, 3.8) is 0 Å². The van der Waals surface area contributed by atoms with Gasteiger partial charge in [0.25, 0.3) is 0 Å². The number of aryl methyl sites for hydroxylation is 1. The van der Waals surface area contributed by atoms with Crippen LogP contribution in [0, 0.1) is 12.7 Å². The lowest BCUT2D eigenvalue weighted by Crippen LogP contribution is -2.04. The number of carbonyl (C=O) groups is 1. The molecule has 2 nitrogen and oxygen atoms in total. The van der Waals surface area contributed by atoms with Gasteiger partial charge in [0, 0.05) is 12.7 Å².